The fourth-order valence-electron chi connectivity index (χ4n) is 1.68. The average molecular weight is 330 g/mol. The van der Waals surface area contributed by atoms with Gasteiger partial charge in [-0.3, -0.25) is 0 Å². The van der Waals surface area contributed by atoms with Crippen LogP contribution in [0.4, 0.5) is 0 Å². The van der Waals surface area contributed by atoms with Crippen molar-refractivity contribution >= 4 is 18.1 Å². The summed E-state index contributed by atoms with van der Waals surface area (Å²) in [7, 11) is -8.65. The molecule has 20 heavy (non-hydrogen) atoms. The van der Waals surface area contributed by atoms with Crippen molar-refractivity contribution in [3.63, 3.8) is 0 Å². The second-order valence-corrected chi connectivity index (χ2v) is 7.55. The predicted octanol–water partition coefficient (Wildman–Crippen LogP) is -1.03. The van der Waals surface area contributed by atoms with Gasteiger partial charge in [0.1, 0.15) is 0 Å². The van der Waals surface area contributed by atoms with E-state index >= 15 is 0 Å². The molecule has 0 saturated carbocycles. The zero-order chi connectivity index (χ0) is 15.5. The summed E-state index contributed by atoms with van der Waals surface area (Å²) in [6.45, 7) is 0.310. The Morgan fingerprint density at radius 1 is 0.450 bits per heavy atom. The molecule has 0 saturated heterocycles. The maximum Gasteiger partial charge on any atom is 0.671 e. The molecule has 0 fully saturated rings. The molecule has 0 bridgehead atoms. The molecule has 0 spiro atoms. The summed E-state index contributed by atoms with van der Waals surface area (Å²) >= 11 is 0. The van der Waals surface area contributed by atoms with Gasteiger partial charge in [-0.15, -0.1) is 0 Å². The Morgan fingerprint density at radius 3 is 0.950 bits per heavy atom. The van der Waals surface area contributed by atoms with Crippen molar-refractivity contribution in [2.45, 2.75) is 51.4 Å². The van der Waals surface area contributed by atoms with Gasteiger partial charge in [0.25, 0.3) is 0 Å². The third-order valence-electron chi connectivity index (χ3n) is 2.63. The van der Waals surface area contributed by atoms with E-state index in [0.717, 1.165) is 38.5 Å². The minimum atomic E-state index is -4.33. The molecular weight excluding hydrogens is 304 g/mol. The van der Waals surface area contributed by atoms with E-state index in [1.807, 2.05) is 0 Å². The van der Waals surface area contributed by atoms with Gasteiger partial charge in [-0.1, -0.05) is 38.5 Å². The van der Waals surface area contributed by atoms with Gasteiger partial charge in [0.2, 0.25) is 0 Å². The predicted molar refractivity (Wildman–Crippen MR) is 73.7 cm³/mol. The number of hydrogen-bond acceptors (Lipinski definition) is 8. The van der Waals surface area contributed by atoms with Crippen molar-refractivity contribution in [3.05, 3.63) is 0 Å². The molecule has 6 N–H and O–H groups in total. The summed E-state index contributed by atoms with van der Waals surface area (Å²) < 4.78 is 8.92. The smallest absolute Gasteiger partial charge is 0.368 e. The highest BCUT2D eigenvalue weighted by molar-refractivity contribution is 6.48. The van der Waals surface area contributed by atoms with Crippen LogP contribution in [0, 0.1) is 0 Å². The van der Waals surface area contributed by atoms with E-state index in [1.165, 1.54) is 0 Å². The van der Waals surface area contributed by atoms with Crippen LogP contribution in [0.3, 0.4) is 0 Å². The van der Waals surface area contributed by atoms with Crippen LogP contribution >= 0.6 is 0 Å². The van der Waals surface area contributed by atoms with Crippen LogP contribution in [0.2, 0.25) is 0 Å². The maximum atomic E-state index is 8.58. The van der Waals surface area contributed by atoms with E-state index in [4.69, 9.17) is 28.8 Å². The van der Waals surface area contributed by atoms with Gasteiger partial charge in [-0.05, 0) is 12.8 Å². The second kappa shape index (κ2) is 10.8. The first kappa shape index (κ1) is 20.1. The van der Waals surface area contributed by atoms with Crippen molar-refractivity contribution in [2.24, 2.45) is 0 Å². The highest BCUT2D eigenvalue weighted by Gasteiger charge is 2.30. The fourth-order valence-corrected chi connectivity index (χ4v) is 2.52. The van der Waals surface area contributed by atoms with Crippen LogP contribution in [0.15, 0.2) is 0 Å². The second-order valence-electron chi connectivity index (χ2n) is 4.67. The van der Waals surface area contributed by atoms with Gasteiger partial charge in [0.05, 0.1) is 0 Å². The summed E-state index contributed by atoms with van der Waals surface area (Å²) in [5, 5.41) is 0. The van der Waals surface area contributed by atoms with Crippen molar-refractivity contribution in [1.82, 2.24) is 0 Å². The summed E-state index contributed by atoms with van der Waals surface area (Å²) in [4.78, 5) is 51.5. The lowest BCUT2D eigenvalue weighted by atomic mass is 10.1. The molecule has 0 unspecified atom stereocenters. The lowest BCUT2D eigenvalue weighted by Crippen LogP contribution is -2.39. The minimum Gasteiger partial charge on any atom is -0.368 e. The largest absolute Gasteiger partial charge is 0.671 e. The van der Waals surface area contributed by atoms with Crippen LogP contribution < -0.4 is 0 Å². The monoisotopic (exact) mass is 330 g/mol. The number of hydrogen-bond donors (Lipinski definition) is 6. The Labute approximate surface area is 121 Å². The Hall–Kier alpha value is 0.114. The summed E-state index contributed by atoms with van der Waals surface area (Å²) in [5.41, 5.74) is 0. The van der Waals surface area contributed by atoms with E-state index < -0.39 is 18.1 Å². The maximum absolute atomic E-state index is 8.58. The van der Waals surface area contributed by atoms with E-state index in [0.29, 0.717) is 12.8 Å². The SMILES string of the molecule is O[Si](O)(O)OCCCCCCCCCCO[Si](O)(O)O. The molecule has 0 aliphatic rings. The Morgan fingerprint density at radius 2 is 0.700 bits per heavy atom. The number of unbranched alkanes of at least 4 members (excludes halogenated alkanes) is 7. The summed E-state index contributed by atoms with van der Waals surface area (Å²) in [6, 6.07) is 0. The molecule has 0 aromatic rings. The van der Waals surface area contributed by atoms with Gasteiger partial charge < -0.3 is 37.6 Å². The van der Waals surface area contributed by atoms with E-state index in [-0.39, 0.29) is 13.2 Å². The van der Waals surface area contributed by atoms with Gasteiger partial charge >= 0.3 is 18.1 Å². The molecule has 0 radical (unpaired) electrons. The Kier molecular flexibility index (Phi) is 10.8. The summed E-state index contributed by atoms with van der Waals surface area (Å²) in [6.07, 6.45) is 7.30. The molecule has 8 nitrogen and oxygen atoms in total. The third kappa shape index (κ3) is 18.1. The molecule has 0 aliphatic heterocycles. The van der Waals surface area contributed by atoms with Crippen LogP contribution in [0.5, 0.6) is 0 Å². The lowest BCUT2D eigenvalue weighted by Gasteiger charge is -2.10. The van der Waals surface area contributed by atoms with Gasteiger partial charge in [0, 0.05) is 13.2 Å². The van der Waals surface area contributed by atoms with Crippen molar-refractivity contribution in [3.8, 4) is 0 Å². The molecule has 0 aromatic heterocycles. The zero-order valence-corrected chi connectivity index (χ0v) is 13.6. The van der Waals surface area contributed by atoms with E-state index in [1.54, 1.807) is 0 Å². The molecule has 0 heterocycles. The molecule has 10 heteroatoms. The molecule has 0 atom stereocenters. The van der Waals surface area contributed by atoms with Crippen LogP contribution in [-0.2, 0) is 8.85 Å². The first-order valence-corrected chi connectivity index (χ1v) is 10.3. The van der Waals surface area contributed by atoms with Crippen LogP contribution in [-0.4, -0.2) is 60.1 Å². The fraction of sp³-hybridized carbons (Fsp3) is 1.00. The summed E-state index contributed by atoms with van der Waals surface area (Å²) in [5.74, 6) is 0. The Bertz CT molecular complexity index is 204. The minimum absolute atomic E-state index is 0.155. The first-order valence-electron chi connectivity index (χ1n) is 6.83. The normalized spacial score (nSPS) is 12.9. The van der Waals surface area contributed by atoms with Crippen molar-refractivity contribution in [1.29, 1.82) is 0 Å². The molecule has 122 valence electrons. The molecule has 0 aliphatic carbocycles. The van der Waals surface area contributed by atoms with Gasteiger partial charge in [0.15, 0.2) is 0 Å². The molecule has 0 amide bonds. The van der Waals surface area contributed by atoms with E-state index in [2.05, 4.69) is 8.85 Å². The van der Waals surface area contributed by atoms with Gasteiger partial charge in [-0.25, -0.2) is 0 Å². The average Bonchev–Trinajstić information content (AvgIpc) is 2.27. The highest BCUT2D eigenvalue weighted by atomic mass is 28.4. The van der Waals surface area contributed by atoms with Crippen molar-refractivity contribution < 1.29 is 37.6 Å². The Balaban J connectivity index is 3.10. The van der Waals surface area contributed by atoms with Gasteiger partial charge in [-0.2, -0.15) is 0 Å². The highest BCUT2D eigenvalue weighted by Crippen LogP contribution is 2.09. The van der Waals surface area contributed by atoms with Crippen LogP contribution in [0.1, 0.15) is 51.4 Å². The quantitative estimate of drug-likeness (QED) is 0.186. The standard InChI is InChI=1S/C10H26O8Si2/c11-19(12,13)17-9-7-5-3-1-2-4-6-8-10-18-20(14,15)16/h11-16H,1-10H2. The molecular formula is C10H26O8Si2. The number of rotatable bonds is 13. The third-order valence-corrected chi connectivity index (χ3v) is 3.81. The topological polar surface area (TPSA) is 140 Å². The lowest BCUT2D eigenvalue weighted by molar-refractivity contribution is 0.0598. The van der Waals surface area contributed by atoms with Crippen LogP contribution in [0.25, 0.3) is 0 Å². The molecule has 0 aromatic carbocycles. The van der Waals surface area contributed by atoms with Crippen molar-refractivity contribution in [2.75, 3.05) is 13.2 Å². The molecule has 0 rings (SSSR count). The van der Waals surface area contributed by atoms with E-state index in [9.17, 15) is 0 Å². The first-order chi connectivity index (χ1) is 9.21. The zero-order valence-electron chi connectivity index (χ0n) is 11.6.